The van der Waals surface area contributed by atoms with Gasteiger partial charge >= 0.3 is 0 Å². The zero-order valence-electron chi connectivity index (χ0n) is 15.7. The Morgan fingerprint density at radius 1 is 1.14 bits per heavy atom. The molecule has 0 radical (unpaired) electrons. The van der Waals surface area contributed by atoms with Crippen LogP contribution in [0.5, 0.6) is 0 Å². The predicted octanol–water partition coefficient (Wildman–Crippen LogP) is 1.42. The van der Waals surface area contributed by atoms with Crippen LogP contribution in [-0.4, -0.2) is 44.2 Å². The van der Waals surface area contributed by atoms with Gasteiger partial charge in [0.15, 0.2) is 5.65 Å². The van der Waals surface area contributed by atoms with Gasteiger partial charge in [0, 0.05) is 32.6 Å². The van der Waals surface area contributed by atoms with Gasteiger partial charge in [-0.2, -0.15) is 9.61 Å². The van der Waals surface area contributed by atoms with E-state index < -0.39 is 0 Å². The molecule has 0 saturated heterocycles. The van der Waals surface area contributed by atoms with Gasteiger partial charge in [0.2, 0.25) is 0 Å². The highest BCUT2D eigenvalue weighted by molar-refractivity contribution is 5.99. The van der Waals surface area contributed by atoms with Crippen LogP contribution in [0.1, 0.15) is 10.4 Å². The van der Waals surface area contributed by atoms with E-state index in [4.69, 9.17) is 0 Å². The first-order valence-corrected chi connectivity index (χ1v) is 8.81. The molecule has 0 atom stereocenters. The quantitative estimate of drug-likeness (QED) is 0.472. The van der Waals surface area contributed by atoms with E-state index in [-0.39, 0.29) is 11.5 Å². The Hall–Kier alpha value is -4.21. The smallest absolute Gasteiger partial charge is 0.279 e. The maximum atomic E-state index is 12.9. The third-order valence-electron chi connectivity index (χ3n) is 4.31. The number of nitrogens with zero attached hydrogens (tertiary/aromatic N) is 5. The molecule has 0 fully saturated rings. The van der Waals surface area contributed by atoms with Crippen LogP contribution in [0.2, 0.25) is 0 Å². The van der Waals surface area contributed by atoms with Crippen molar-refractivity contribution in [1.82, 2.24) is 29.5 Å². The van der Waals surface area contributed by atoms with Crippen LogP contribution < -0.4 is 21.5 Å². The van der Waals surface area contributed by atoms with Crippen molar-refractivity contribution in [2.24, 2.45) is 0 Å². The van der Waals surface area contributed by atoms with Crippen molar-refractivity contribution < 1.29 is 4.79 Å². The second-order valence-corrected chi connectivity index (χ2v) is 6.06. The standard InChI is InChI=1S/C19H18N8O2/c1-20-16-10-14(25-17-12(18(28)21-2)11-23-27(16)17)24-13-6-5-9-26(19(13)29)15-7-3-4-8-22-15/h3-11,20H,1-2H3,(H,21,28)(H,24,25). The summed E-state index contributed by atoms with van der Waals surface area (Å²) in [7, 11) is 3.27. The second kappa shape index (κ2) is 7.43. The number of hydrogen-bond acceptors (Lipinski definition) is 7. The first-order chi connectivity index (χ1) is 14.1. The molecule has 1 amide bonds. The Kier molecular flexibility index (Phi) is 4.65. The Bertz CT molecular complexity index is 1250. The van der Waals surface area contributed by atoms with Crippen molar-refractivity contribution >= 4 is 28.9 Å². The molecule has 0 aromatic carbocycles. The molecule has 10 heteroatoms. The van der Waals surface area contributed by atoms with Crippen molar-refractivity contribution in [2.75, 3.05) is 24.7 Å². The summed E-state index contributed by atoms with van der Waals surface area (Å²) in [6.07, 6.45) is 4.71. The van der Waals surface area contributed by atoms with Crippen LogP contribution in [0.3, 0.4) is 0 Å². The molecular weight excluding hydrogens is 372 g/mol. The summed E-state index contributed by atoms with van der Waals surface area (Å²) in [5.74, 6) is 1.21. The largest absolute Gasteiger partial charge is 0.373 e. The van der Waals surface area contributed by atoms with Gasteiger partial charge in [0.25, 0.3) is 11.5 Å². The SMILES string of the molecule is CNC(=O)c1cnn2c(NC)cc(Nc3cccn(-c4ccccn4)c3=O)nc12. The molecule has 0 spiro atoms. The van der Waals surface area contributed by atoms with E-state index in [1.165, 1.54) is 22.3 Å². The van der Waals surface area contributed by atoms with Gasteiger partial charge < -0.3 is 16.0 Å². The van der Waals surface area contributed by atoms with Gasteiger partial charge in [-0.25, -0.2) is 9.97 Å². The number of amides is 1. The number of aromatic nitrogens is 5. The molecule has 0 aliphatic carbocycles. The van der Waals surface area contributed by atoms with E-state index >= 15 is 0 Å². The van der Waals surface area contributed by atoms with Gasteiger partial charge in [0.05, 0.1) is 6.20 Å². The predicted molar refractivity (Wildman–Crippen MR) is 109 cm³/mol. The fourth-order valence-corrected chi connectivity index (χ4v) is 2.90. The third-order valence-corrected chi connectivity index (χ3v) is 4.31. The normalized spacial score (nSPS) is 10.7. The summed E-state index contributed by atoms with van der Waals surface area (Å²) in [6.45, 7) is 0. The van der Waals surface area contributed by atoms with Gasteiger partial charge in [-0.1, -0.05) is 6.07 Å². The molecule has 4 rings (SSSR count). The van der Waals surface area contributed by atoms with Crippen LogP contribution in [0, 0.1) is 0 Å². The number of carbonyl (C=O) groups is 1. The van der Waals surface area contributed by atoms with Gasteiger partial charge in [-0.3, -0.25) is 14.2 Å². The first kappa shape index (κ1) is 18.2. The fraction of sp³-hybridized carbons (Fsp3) is 0.105. The number of rotatable bonds is 5. The lowest BCUT2D eigenvalue weighted by Crippen LogP contribution is -2.21. The minimum atomic E-state index is -0.302. The van der Waals surface area contributed by atoms with E-state index in [1.807, 2.05) is 6.07 Å². The molecule has 146 valence electrons. The number of hydrogen-bond donors (Lipinski definition) is 3. The third kappa shape index (κ3) is 3.27. The molecular formula is C19H18N8O2. The molecule has 0 aliphatic heterocycles. The van der Waals surface area contributed by atoms with Gasteiger partial charge in [0.1, 0.15) is 28.7 Å². The average Bonchev–Trinajstić information content (AvgIpc) is 3.18. The van der Waals surface area contributed by atoms with E-state index in [9.17, 15) is 9.59 Å². The number of fused-ring (bicyclic) bond motifs is 1. The number of pyridine rings is 2. The van der Waals surface area contributed by atoms with Gasteiger partial charge in [-0.15, -0.1) is 0 Å². The highest BCUT2D eigenvalue weighted by Crippen LogP contribution is 2.20. The minimum absolute atomic E-state index is 0.279. The molecule has 3 N–H and O–H groups in total. The van der Waals surface area contributed by atoms with Crippen molar-refractivity contribution in [2.45, 2.75) is 0 Å². The van der Waals surface area contributed by atoms with Crippen molar-refractivity contribution in [1.29, 1.82) is 0 Å². The lowest BCUT2D eigenvalue weighted by molar-refractivity contribution is 0.0964. The minimum Gasteiger partial charge on any atom is -0.373 e. The summed E-state index contributed by atoms with van der Waals surface area (Å²) >= 11 is 0. The highest BCUT2D eigenvalue weighted by atomic mass is 16.1. The van der Waals surface area contributed by atoms with Crippen molar-refractivity contribution in [3.8, 4) is 5.82 Å². The summed E-state index contributed by atoms with van der Waals surface area (Å²) in [5.41, 5.74) is 0.725. The fourth-order valence-electron chi connectivity index (χ4n) is 2.90. The van der Waals surface area contributed by atoms with Gasteiger partial charge in [-0.05, 0) is 24.3 Å². The maximum Gasteiger partial charge on any atom is 0.279 e. The summed E-state index contributed by atoms with van der Waals surface area (Å²) in [5, 5.41) is 12.8. The lowest BCUT2D eigenvalue weighted by Gasteiger charge is -2.11. The van der Waals surface area contributed by atoms with Crippen LogP contribution >= 0.6 is 0 Å². The van der Waals surface area contributed by atoms with Crippen molar-refractivity contribution in [3.63, 3.8) is 0 Å². The number of nitrogens with one attached hydrogen (secondary N) is 3. The van der Waals surface area contributed by atoms with E-state index in [0.29, 0.717) is 34.4 Å². The summed E-state index contributed by atoms with van der Waals surface area (Å²) in [6, 6.07) is 10.4. The molecule has 0 unspecified atom stereocenters. The second-order valence-electron chi connectivity index (χ2n) is 6.06. The van der Waals surface area contributed by atoms with Crippen molar-refractivity contribution in [3.05, 3.63) is 70.9 Å². The molecule has 0 bridgehead atoms. The Balaban J connectivity index is 1.79. The molecule has 4 heterocycles. The molecule has 10 nitrogen and oxygen atoms in total. The highest BCUT2D eigenvalue weighted by Gasteiger charge is 2.16. The molecule has 0 saturated carbocycles. The topological polar surface area (TPSA) is 118 Å². The van der Waals surface area contributed by atoms with E-state index in [2.05, 4.69) is 31.0 Å². The molecule has 0 aliphatic rings. The molecule has 29 heavy (non-hydrogen) atoms. The average molecular weight is 390 g/mol. The molecule has 4 aromatic rings. The number of carbonyl (C=O) groups excluding carboxylic acids is 1. The van der Waals surface area contributed by atoms with Crippen LogP contribution in [0.4, 0.5) is 17.3 Å². The van der Waals surface area contributed by atoms with Crippen LogP contribution in [0.15, 0.2) is 59.8 Å². The van der Waals surface area contributed by atoms with E-state index in [0.717, 1.165) is 0 Å². The van der Waals surface area contributed by atoms with Crippen LogP contribution in [0.25, 0.3) is 11.5 Å². The Morgan fingerprint density at radius 2 is 2.00 bits per heavy atom. The first-order valence-electron chi connectivity index (χ1n) is 8.81. The molecule has 4 aromatic heterocycles. The Labute approximate surface area is 165 Å². The Morgan fingerprint density at radius 3 is 2.72 bits per heavy atom. The van der Waals surface area contributed by atoms with Crippen LogP contribution in [-0.2, 0) is 0 Å². The number of anilines is 3. The summed E-state index contributed by atoms with van der Waals surface area (Å²) < 4.78 is 2.96. The monoisotopic (exact) mass is 390 g/mol. The van der Waals surface area contributed by atoms with E-state index in [1.54, 1.807) is 49.8 Å². The lowest BCUT2D eigenvalue weighted by atomic mass is 10.3. The zero-order chi connectivity index (χ0) is 20.4. The summed E-state index contributed by atoms with van der Waals surface area (Å²) in [4.78, 5) is 33.7. The zero-order valence-corrected chi connectivity index (χ0v) is 15.7. The maximum absolute atomic E-state index is 12.9.